The number of anilines is 4. The molecule has 0 radical (unpaired) electrons. The molecule has 6 aromatic rings. The van der Waals surface area contributed by atoms with Gasteiger partial charge in [0.05, 0.1) is 31.0 Å². The number of hydrogen-bond donors (Lipinski definition) is 5. The molecule has 0 aliphatic rings. The van der Waals surface area contributed by atoms with Crippen molar-refractivity contribution in [2.75, 3.05) is 10.6 Å². The van der Waals surface area contributed by atoms with E-state index < -0.39 is 41.1 Å². The number of aromatic nitrogens is 8. The Morgan fingerprint density at radius 2 is 1.16 bits per heavy atom. The number of carbonyl (C=O) groups excluding carboxylic acids is 1. The second-order valence-corrected chi connectivity index (χ2v) is 13.1. The molecule has 14 nitrogen and oxygen atoms in total. The standard InChI is InChI=1S/C19H21F2N5O2.C18H17F2N5O2/c1-11(27)10-26-17(12-4-7-16(22-9-12)19(2,3)28)24-18(25-26)23-13-5-6-14(20)15(21)8-13;1-10(26)9-25-17(12-3-6-16(11(2)27)21-8-12)23-18(24-25)22-13-4-5-14(19)15(20)7-13/h4-9,11,27-28H,10H2,1-3H3,(H,23,25);3-8,10,26H,9H2,1-2H3,(H,22,24)/t11-;10-/m00/s1. The van der Waals surface area contributed by atoms with Crippen molar-refractivity contribution in [1.29, 1.82) is 0 Å². The fraction of sp³-hybridized carbons (Fsp3) is 0.270. The lowest BCUT2D eigenvalue weighted by atomic mass is 10.0. The number of rotatable bonds is 12. The van der Waals surface area contributed by atoms with E-state index in [1.54, 1.807) is 58.2 Å². The van der Waals surface area contributed by atoms with E-state index in [4.69, 9.17) is 0 Å². The zero-order chi connectivity index (χ0) is 40.0. The molecule has 0 amide bonds. The Morgan fingerprint density at radius 1 is 0.709 bits per heavy atom. The number of aliphatic hydroxyl groups is 3. The summed E-state index contributed by atoms with van der Waals surface area (Å²) in [4.78, 5) is 28.4. The number of carbonyl (C=O) groups is 1. The highest BCUT2D eigenvalue weighted by atomic mass is 19.2. The Hall–Kier alpha value is -6.11. The molecular formula is C37H38F4N10O4. The fourth-order valence-electron chi connectivity index (χ4n) is 5.00. The lowest BCUT2D eigenvalue weighted by molar-refractivity contribution is 0.0738. The van der Waals surface area contributed by atoms with E-state index in [1.807, 2.05) is 0 Å². The van der Waals surface area contributed by atoms with Crippen molar-refractivity contribution in [2.24, 2.45) is 0 Å². The van der Waals surface area contributed by atoms with Crippen molar-refractivity contribution >= 4 is 29.1 Å². The smallest absolute Gasteiger partial charge is 0.247 e. The third-order valence-corrected chi connectivity index (χ3v) is 7.60. The number of nitrogens with zero attached hydrogens (tertiary/aromatic N) is 8. The summed E-state index contributed by atoms with van der Waals surface area (Å²) in [5, 5.41) is 43.6. The summed E-state index contributed by atoms with van der Waals surface area (Å²) in [7, 11) is 0. The van der Waals surface area contributed by atoms with Crippen molar-refractivity contribution in [3.8, 4) is 22.8 Å². The zero-order valence-electron chi connectivity index (χ0n) is 30.3. The number of ketones is 1. The molecule has 0 spiro atoms. The Labute approximate surface area is 312 Å². The van der Waals surface area contributed by atoms with Gasteiger partial charge in [-0.25, -0.2) is 26.9 Å². The SMILES string of the molecule is CC(=O)c1ccc(-c2nc(Nc3ccc(F)c(F)c3)nn2C[C@H](C)O)cn1.C[C@H](O)Cn1nc(Nc2ccc(F)c(F)c2)nc1-c1ccc(C(C)(C)O)nc1. The lowest BCUT2D eigenvalue weighted by Crippen LogP contribution is -2.17. The Kier molecular flexibility index (Phi) is 12.3. The summed E-state index contributed by atoms with van der Waals surface area (Å²) < 4.78 is 55.9. The maximum absolute atomic E-state index is 13.4. The van der Waals surface area contributed by atoms with Gasteiger partial charge in [0.2, 0.25) is 11.9 Å². The zero-order valence-corrected chi connectivity index (χ0v) is 30.3. The van der Waals surface area contributed by atoms with Gasteiger partial charge in [0.15, 0.2) is 40.7 Å². The first-order valence-electron chi connectivity index (χ1n) is 16.8. The Balaban J connectivity index is 0.000000211. The van der Waals surface area contributed by atoms with Crippen LogP contribution < -0.4 is 10.6 Å². The minimum Gasteiger partial charge on any atom is -0.391 e. The number of pyridine rings is 2. The molecule has 2 aromatic carbocycles. The van der Waals surface area contributed by atoms with Gasteiger partial charge in [-0.1, -0.05) is 0 Å². The topological polar surface area (TPSA) is 189 Å². The van der Waals surface area contributed by atoms with E-state index in [1.165, 1.54) is 34.6 Å². The molecule has 55 heavy (non-hydrogen) atoms. The van der Waals surface area contributed by atoms with Crippen molar-refractivity contribution < 1.29 is 37.7 Å². The minimum absolute atomic E-state index is 0.146. The maximum atomic E-state index is 13.4. The van der Waals surface area contributed by atoms with Gasteiger partial charge in [-0.2, -0.15) is 9.97 Å². The van der Waals surface area contributed by atoms with Crippen molar-refractivity contribution in [3.05, 3.63) is 108 Å². The van der Waals surface area contributed by atoms with Gasteiger partial charge in [0, 0.05) is 54.0 Å². The van der Waals surface area contributed by atoms with E-state index in [9.17, 15) is 37.7 Å². The van der Waals surface area contributed by atoms with E-state index in [-0.39, 0.29) is 42.1 Å². The third-order valence-electron chi connectivity index (χ3n) is 7.60. The quantitative estimate of drug-likeness (QED) is 0.0733. The highest BCUT2D eigenvalue weighted by Crippen LogP contribution is 2.25. The van der Waals surface area contributed by atoms with Crippen LogP contribution in [-0.4, -0.2) is 72.8 Å². The van der Waals surface area contributed by atoms with Crippen LogP contribution in [0.3, 0.4) is 0 Å². The van der Waals surface area contributed by atoms with Crippen molar-refractivity contribution in [1.82, 2.24) is 39.5 Å². The van der Waals surface area contributed by atoms with Crippen LogP contribution in [0.2, 0.25) is 0 Å². The van der Waals surface area contributed by atoms with E-state index >= 15 is 0 Å². The second-order valence-electron chi connectivity index (χ2n) is 13.1. The van der Waals surface area contributed by atoms with Gasteiger partial charge in [-0.3, -0.25) is 14.8 Å². The molecule has 4 aromatic heterocycles. The van der Waals surface area contributed by atoms with Crippen LogP contribution in [0.4, 0.5) is 40.8 Å². The van der Waals surface area contributed by atoms with E-state index in [0.717, 1.165) is 24.3 Å². The molecule has 5 N–H and O–H groups in total. The maximum Gasteiger partial charge on any atom is 0.247 e. The minimum atomic E-state index is -1.08. The van der Waals surface area contributed by atoms with Gasteiger partial charge < -0.3 is 26.0 Å². The largest absolute Gasteiger partial charge is 0.391 e. The average Bonchev–Trinajstić information content (AvgIpc) is 3.70. The lowest BCUT2D eigenvalue weighted by Gasteiger charge is -2.16. The number of benzene rings is 2. The molecule has 2 atom stereocenters. The highest BCUT2D eigenvalue weighted by molar-refractivity contribution is 5.92. The molecule has 6 rings (SSSR count). The summed E-state index contributed by atoms with van der Waals surface area (Å²) in [5.74, 6) is -2.90. The number of Topliss-reactive ketones (excluding diaryl/α,β-unsaturated/α-hetero) is 1. The first-order chi connectivity index (χ1) is 26.0. The molecular weight excluding hydrogens is 724 g/mol. The molecule has 0 fully saturated rings. The number of halogens is 4. The summed E-state index contributed by atoms with van der Waals surface area (Å²) in [6.07, 6.45) is 1.67. The van der Waals surface area contributed by atoms with Crippen LogP contribution in [0, 0.1) is 23.3 Å². The Morgan fingerprint density at radius 3 is 1.51 bits per heavy atom. The molecule has 18 heteroatoms. The third kappa shape index (κ3) is 10.5. The van der Waals surface area contributed by atoms with Gasteiger partial charge in [-0.05, 0) is 76.2 Å². The van der Waals surface area contributed by atoms with Crippen LogP contribution in [0.5, 0.6) is 0 Å². The van der Waals surface area contributed by atoms with Gasteiger partial charge in [0.1, 0.15) is 11.3 Å². The van der Waals surface area contributed by atoms with Crippen LogP contribution in [0.1, 0.15) is 50.8 Å². The first kappa shape index (κ1) is 40.1. The van der Waals surface area contributed by atoms with E-state index in [2.05, 4.69) is 40.8 Å². The molecule has 0 saturated carbocycles. The second kappa shape index (κ2) is 16.9. The summed E-state index contributed by atoms with van der Waals surface area (Å²) in [5.41, 5.74) is 1.52. The number of hydrogen-bond acceptors (Lipinski definition) is 12. The molecule has 0 saturated heterocycles. The van der Waals surface area contributed by atoms with Crippen molar-refractivity contribution in [2.45, 2.75) is 65.5 Å². The molecule has 0 bridgehead atoms. The van der Waals surface area contributed by atoms with Crippen LogP contribution >= 0.6 is 0 Å². The van der Waals surface area contributed by atoms with Gasteiger partial charge in [0.25, 0.3) is 0 Å². The molecule has 0 unspecified atom stereocenters. The normalized spacial score (nSPS) is 12.4. The summed E-state index contributed by atoms with van der Waals surface area (Å²) in [6.45, 7) is 8.24. The monoisotopic (exact) mass is 762 g/mol. The first-order valence-corrected chi connectivity index (χ1v) is 16.8. The highest BCUT2D eigenvalue weighted by Gasteiger charge is 2.20. The molecule has 4 heterocycles. The van der Waals surface area contributed by atoms with Gasteiger partial charge >= 0.3 is 0 Å². The van der Waals surface area contributed by atoms with Crippen molar-refractivity contribution in [3.63, 3.8) is 0 Å². The number of aliphatic hydroxyl groups excluding tert-OH is 2. The molecule has 0 aliphatic heterocycles. The predicted octanol–water partition coefficient (Wildman–Crippen LogP) is 5.92. The predicted molar refractivity (Wildman–Crippen MR) is 194 cm³/mol. The summed E-state index contributed by atoms with van der Waals surface area (Å²) in [6, 6.07) is 13.4. The van der Waals surface area contributed by atoms with Gasteiger partial charge in [-0.15, -0.1) is 10.2 Å². The summed E-state index contributed by atoms with van der Waals surface area (Å²) >= 11 is 0. The number of nitrogens with one attached hydrogen (secondary N) is 2. The van der Waals surface area contributed by atoms with E-state index in [0.29, 0.717) is 34.2 Å². The van der Waals surface area contributed by atoms with Crippen LogP contribution in [-0.2, 0) is 18.7 Å². The fourth-order valence-corrected chi connectivity index (χ4v) is 5.00. The molecule has 0 aliphatic carbocycles. The van der Waals surface area contributed by atoms with Crippen LogP contribution in [0.25, 0.3) is 22.8 Å². The Bertz CT molecular complexity index is 2250. The van der Waals surface area contributed by atoms with Crippen LogP contribution in [0.15, 0.2) is 73.1 Å². The average molecular weight is 763 g/mol. The molecule has 288 valence electrons.